The van der Waals surface area contributed by atoms with E-state index >= 15 is 0 Å². The van der Waals surface area contributed by atoms with E-state index in [4.69, 9.17) is 0 Å². The fraction of sp³-hybridized carbons (Fsp3) is 0.895. The predicted octanol–water partition coefficient (Wildman–Crippen LogP) is 3.85. The van der Waals surface area contributed by atoms with Crippen LogP contribution >= 0.6 is 23.5 Å². The number of carbonyl (C=O) groups excluding carboxylic acids is 1. The number of hydrogen-bond acceptors (Lipinski definition) is 6. The van der Waals surface area contributed by atoms with Gasteiger partial charge < -0.3 is 0 Å². The lowest BCUT2D eigenvalue weighted by Crippen LogP contribution is -2.43. The number of hydrogen-bond donors (Lipinski definition) is 0. The summed E-state index contributed by atoms with van der Waals surface area (Å²) in [6.07, 6.45) is 7.14. The van der Waals surface area contributed by atoms with Crippen LogP contribution in [0.4, 0.5) is 0 Å². The number of sulfonamides is 1. The highest BCUT2D eigenvalue weighted by atomic mass is 32.2. The van der Waals surface area contributed by atoms with E-state index in [2.05, 4.69) is 18.8 Å². The van der Waals surface area contributed by atoms with Crippen molar-refractivity contribution in [2.24, 2.45) is 27.7 Å². The molecule has 0 aromatic heterocycles. The van der Waals surface area contributed by atoms with Gasteiger partial charge in [0.05, 0.1) is 5.25 Å². The summed E-state index contributed by atoms with van der Waals surface area (Å²) in [5, 5.41) is -0.396. The SMILES string of the molecule is CSC(=N[C@@H](CC(C)C)C(=O)N1CC23CCC(C[C@@H]2S1(=O)=O)C3(C)C)SC. The van der Waals surface area contributed by atoms with Crippen LogP contribution in [0, 0.1) is 22.7 Å². The van der Waals surface area contributed by atoms with E-state index in [0.29, 0.717) is 25.3 Å². The van der Waals surface area contributed by atoms with Crippen LogP contribution in [0.1, 0.15) is 53.4 Å². The lowest BCUT2D eigenvalue weighted by atomic mass is 9.69. The molecule has 27 heavy (non-hydrogen) atoms. The first-order chi connectivity index (χ1) is 12.5. The molecule has 2 saturated carbocycles. The highest BCUT2D eigenvalue weighted by Gasteiger charge is 2.73. The van der Waals surface area contributed by atoms with Gasteiger partial charge in [-0.05, 0) is 55.4 Å². The molecule has 0 aromatic carbocycles. The molecule has 1 amide bonds. The first-order valence-corrected chi connectivity index (χ1v) is 13.7. The summed E-state index contributed by atoms with van der Waals surface area (Å²) in [5.41, 5.74) is -0.305. The first-order valence-electron chi connectivity index (χ1n) is 9.72. The van der Waals surface area contributed by atoms with Gasteiger partial charge in [0.2, 0.25) is 10.0 Å². The monoisotopic (exact) mass is 432 g/mol. The molecule has 1 spiro atoms. The number of aliphatic imine (C=N–C) groups is 1. The Hall–Kier alpha value is -0.210. The average molecular weight is 433 g/mol. The van der Waals surface area contributed by atoms with Crippen LogP contribution in [-0.2, 0) is 14.8 Å². The Morgan fingerprint density at radius 3 is 2.37 bits per heavy atom. The van der Waals surface area contributed by atoms with E-state index in [1.165, 1.54) is 27.8 Å². The van der Waals surface area contributed by atoms with Crippen molar-refractivity contribution in [1.82, 2.24) is 4.31 Å². The molecule has 1 saturated heterocycles. The zero-order valence-electron chi connectivity index (χ0n) is 17.2. The summed E-state index contributed by atoms with van der Waals surface area (Å²) in [7, 11) is -3.60. The molecule has 154 valence electrons. The van der Waals surface area contributed by atoms with E-state index < -0.39 is 21.3 Å². The van der Waals surface area contributed by atoms with Crippen LogP contribution in [0.5, 0.6) is 0 Å². The second-order valence-electron chi connectivity index (χ2n) is 9.18. The molecule has 1 heterocycles. The molecule has 3 aliphatic rings. The lowest BCUT2D eigenvalue weighted by Gasteiger charge is -2.36. The van der Waals surface area contributed by atoms with E-state index in [-0.39, 0.29) is 22.7 Å². The minimum atomic E-state index is -3.60. The van der Waals surface area contributed by atoms with Crippen LogP contribution in [-0.4, -0.2) is 53.4 Å². The van der Waals surface area contributed by atoms with Gasteiger partial charge in [0.15, 0.2) is 0 Å². The van der Waals surface area contributed by atoms with Crippen molar-refractivity contribution in [2.45, 2.75) is 64.7 Å². The van der Waals surface area contributed by atoms with Crippen LogP contribution in [0.3, 0.4) is 0 Å². The van der Waals surface area contributed by atoms with Crippen molar-refractivity contribution in [3.05, 3.63) is 0 Å². The maximum atomic E-state index is 13.4. The summed E-state index contributed by atoms with van der Waals surface area (Å²) in [6.45, 7) is 8.85. The van der Waals surface area contributed by atoms with Gasteiger partial charge in [-0.3, -0.25) is 9.79 Å². The molecule has 4 atom stereocenters. The van der Waals surface area contributed by atoms with Crippen LogP contribution in [0.25, 0.3) is 0 Å². The number of rotatable bonds is 4. The molecule has 1 aliphatic heterocycles. The normalized spacial score (nSPS) is 34.0. The third-order valence-electron chi connectivity index (χ3n) is 7.29. The standard InChI is InChI=1S/C19H32N2O3S3/c1-12(2)9-14(20-17(25-5)26-6)16(22)21-11-19-8-7-13(18(19,3)4)10-15(19)27(21,23)24/h12-15H,7-11H2,1-6H3/t13?,14-,15-,19?/m0/s1. The van der Waals surface area contributed by atoms with Crippen molar-refractivity contribution in [3.8, 4) is 0 Å². The van der Waals surface area contributed by atoms with Crippen molar-refractivity contribution in [2.75, 3.05) is 19.1 Å². The number of nitrogens with zero attached hydrogens (tertiary/aromatic N) is 2. The minimum Gasteiger partial charge on any atom is -0.271 e. The van der Waals surface area contributed by atoms with Gasteiger partial charge in [-0.25, -0.2) is 12.7 Å². The van der Waals surface area contributed by atoms with Gasteiger partial charge in [-0.2, -0.15) is 0 Å². The second-order valence-corrected chi connectivity index (χ2v) is 13.1. The largest absolute Gasteiger partial charge is 0.271 e. The van der Waals surface area contributed by atoms with Gasteiger partial charge in [-0.1, -0.05) is 27.7 Å². The van der Waals surface area contributed by atoms with Crippen molar-refractivity contribution < 1.29 is 13.2 Å². The molecule has 2 bridgehead atoms. The predicted molar refractivity (Wildman–Crippen MR) is 116 cm³/mol. The molecular formula is C19H32N2O3S3. The van der Waals surface area contributed by atoms with Crippen LogP contribution < -0.4 is 0 Å². The van der Waals surface area contributed by atoms with E-state index in [9.17, 15) is 13.2 Å². The van der Waals surface area contributed by atoms with E-state index in [0.717, 1.165) is 17.2 Å². The minimum absolute atomic E-state index is 0.0275. The topological polar surface area (TPSA) is 66.8 Å². The summed E-state index contributed by atoms with van der Waals surface area (Å²) in [6, 6.07) is -0.620. The van der Waals surface area contributed by atoms with E-state index in [1.54, 1.807) is 0 Å². The molecule has 3 fully saturated rings. The molecule has 0 radical (unpaired) electrons. The summed E-state index contributed by atoms with van der Waals surface area (Å²) < 4.78 is 28.7. The highest BCUT2D eigenvalue weighted by Crippen LogP contribution is 2.70. The molecule has 2 aliphatic carbocycles. The summed E-state index contributed by atoms with van der Waals surface area (Å²) in [4.78, 5) is 18.0. The molecule has 0 N–H and O–H groups in total. The molecule has 8 heteroatoms. The van der Waals surface area contributed by atoms with Crippen LogP contribution in [0.2, 0.25) is 0 Å². The smallest absolute Gasteiger partial charge is 0.260 e. The second kappa shape index (κ2) is 7.24. The number of fused-ring (bicyclic) bond motifs is 1. The third-order valence-corrected chi connectivity index (χ3v) is 11.5. The zero-order valence-corrected chi connectivity index (χ0v) is 19.6. The highest BCUT2D eigenvalue weighted by molar-refractivity contribution is 8.38. The van der Waals surface area contributed by atoms with Crippen molar-refractivity contribution in [1.29, 1.82) is 0 Å². The number of amides is 1. The van der Waals surface area contributed by atoms with Crippen molar-refractivity contribution in [3.63, 3.8) is 0 Å². The Labute approximate surface area is 172 Å². The number of carbonyl (C=O) groups is 1. The molecule has 5 nitrogen and oxygen atoms in total. The zero-order chi connectivity index (χ0) is 20.2. The fourth-order valence-corrected chi connectivity index (χ4v) is 9.39. The summed E-state index contributed by atoms with van der Waals surface area (Å²) in [5.74, 6) is 0.397. The van der Waals surface area contributed by atoms with Crippen LogP contribution in [0.15, 0.2) is 4.99 Å². The average Bonchev–Trinajstić information content (AvgIpc) is 3.09. The van der Waals surface area contributed by atoms with Gasteiger partial charge in [0, 0.05) is 12.0 Å². The Bertz CT molecular complexity index is 741. The Kier molecular flexibility index (Phi) is 5.76. The fourth-order valence-electron chi connectivity index (χ4n) is 5.63. The van der Waals surface area contributed by atoms with Gasteiger partial charge in [-0.15, -0.1) is 23.5 Å². The third kappa shape index (κ3) is 3.18. The molecule has 2 unspecified atom stereocenters. The molecule has 3 rings (SSSR count). The summed E-state index contributed by atoms with van der Waals surface area (Å²) >= 11 is 3.01. The number of thioether (sulfide) groups is 2. The Morgan fingerprint density at radius 1 is 1.26 bits per heavy atom. The van der Waals surface area contributed by atoms with Gasteiger partial charge in [0.25, 0.3) is 5.91 Å². The molecule has 0 aromatic rings. The van der Waals surface area contributed by atoms with Gasteiger partial charge in [0.1, 0.15) is 10.4 Å². The Balaban J connectivity index is 1.95. The quantitative estimate of drug-likeness (QED) is 0.499. The van der Waals surface area contributed by atoms with E-state index in [1.807, 2.05) is 26.4 Å². The lowest BCUT2D eigenvalue weighted by molar-refractivity contribution is -0.128. The Morgan fingerprint density at radius 2 is 1.89 bits per heavy atom. The molecular weight excluding hydrogens is 400 g/mol. The maximum absolute atomic E-state index is 13.4. The van der Waals surface area contributed by atoms with Gasteiger partial charge >= 0.3 is 0 Å². The maximum Gasteiger partial charge on any atom is 0.260 e. The van der Waals surface area contributed by atoms with Crippen molar-refractivity contribution >= 4 is 43.8 Å². The first kappa shape index (κ1) is 21.5.